The number of fused-ring (bicyclic) bond motifs is 1. The quantitative estimate of drug-likeness (QED) is 0.0717. The summed E-state index contributed by atoms with van der Waals surface area (Å²) in [6.07, 6.45) is 14.1. The van der Waals surface area contributed by atoms with Gasteiger partial charge in [-0.25, -0.2) is 9.97 Å². The number of rotatable bonds is 20. The van der Waals surface area contributed by atoms with Gasteiger partial charge in [-0.05, 0) is 37.1 Å². The fourth-order valence-corrected chi connectivity index (χ4v) is 5.61. The molecular weight excluding hydrogens is 578 g/mol. The first-order valence-corrected chi connectivity index (χ1v) is 17.0. The minimum absolute atomic E-state index is 0.117. The van der Waals surface area contributed by atoms with E-state index in [2.05, 4.69) is 13.8 Å². The molecule has 0 radical (unpaired) electrons. The predicted molar refractivity (Wildman–Crippen MR) is 188 cm³/mol. The van der Waals surface area contributed by atoms with E-state index in [1.54, 1.807) is 0 Å². The Bertz CT molecular complexity index is 1410. The van der Waals surface area contributed by atoms with E-state index in [1.807, 2.05) is 48.5 Å². The maximum absolute atomic E-state index is 10.2. The van der Waals surface area contributed by atoms with Gasteiger partial charge in [-0.2, -0.15) is 0 Å². The summed E-state index contributed by atoms with van der Waals surface area (Å²) in [7, 11) is -3.66. The Morgan fingerprint density at radius 1 is 0.522 bits per heavy atom. The van der Waals surface area contributed by atoms with Gasteiger partial charge in [-0.3, -0.25) is 0 Å². The van der Waals surface area contributed by atoms with Crippen LogP contribution in [-0.2, 0) is 0 Å². The minimum atomic E-state index is -1.83. The Morgan fingerprint density at radius 2 is 0.913 bits per heavy atom. The Kier molecular flexibility index (Phi) is 14.4. The predicted octanol–water partition coefficient (Wildman–Crippen LogP) is 5.80. The SMILES string of the molecule is CCCCCCCCOc1cccc(-c2nc3c(B(O)O)ccc(B(O)O)c3nc2-c2cccc(OCCCCCCCC)c2)c1. The average molecular weight is 626 g/mol. The van der Waals surface area contributed by atoms with Crippen LogP contribution >= 0.6 is 0 Å². The Balaban J connectivity index is 1.68. The van der Waals surface area contributed by atoms with Crippen LogP contribution in [0.25, 0.3) is 33.5 Å². The van der Waals surface area contributed by atoms with Gasteiger partial charge in [0.2, 0.25) is 0 Å². The van der Waals surface area contributed by atoms with E-state index in [-0.39, 0.29) is 22.0 Å². The van der Waals surface area contributed by atoms with E-state index < -0.39 is 14.2 Å². The summed E-state index contributed by atoms with van der Waals surface area (Å²) in [4.78, 5) is 9.81. The minimum Gasteiger partial charge on any atom is -0.494 e. The molecular formula is C36H48B2N2O6. The topological polar surface area (TPSA) is 125 Å². The van der Waals surface area contributed by atoms with Crippen LogP contribution in [0.3, 0.4) is 0 Å². The number of nitrogens with zero attached hydrogens (tertiary/aromatic N) is 2. The highest BCUT2D eigenvalue weighted by molar-refractivity contribution is 6.65. The molecule has 244 valence electrons. The van der Waals surface area contributed by atoms with Crippen molar-refractivity contribution in [2.75, 3.05) is 13.2 Å². The third kappa shape index (κ3) is 10.0. The molecule has 8 nitrogen and oxygen atoms in total. The fraction of sp³-hybridized carbons (Fsp3) is 0.444. The second kappa shape index (κ2) is 18.6. The van der Waals surface area contributed by atoms with Gasteiger partial charge in [-0.15, -0.1) is 0 Å². The molecule has 0 saturated carbocycles. The molecule has 0 fully saturated rings. The lowest BCUT2D eigenvalue weighted by molar-refractivity contribution is 0.304. The van der Waals surface area contributed by atoms with Gasteiger partial charge in [0, 0.05) is 22.1 Å². The Labute approximate surface area is 274 Å². The molecule has 0 bridgehead atoms. The van der Waals surface area contributed by atoms with Gasteiger partial charge < -0.3 is 29.6 Å². The van der Waals surface area contributed by atoms with Gasteiger partial charge in [0.05, 0.1) is 35.6 Å². The zero-order valence-electron chi connectivity index (χ0n) is 27.3. The number of hydrogen-bond acceptors (Lipinski definition) is 8. The molecule has 0 unspecified atom stereocenters. The van der Waals surface area contributed by atoms with Crippen molar-refractivity contribution in [3.05, 3.63) is 60.7 Å². The van der Waals surface area contributed by atoms with Gasteiger partial charge in [0.15, 0.2) is 0 Å². The van der Waals surface area contributed by atoms with E-state index in [1.165, 1.54) is 63.5 Å². The molecule has 0 amide bonds. The molecule has 0 aliphatic heterocycles. The summed E-state index contributed by atoms with van der Waals surface area (Å²) < 4.78 is 12.2. The number of ether oxygens (including phenoxy) is 2. The summed E-state index contributed by atoms with van der Waals surface area (Å²) >= 11 is 0. The van der Waals surface area contributed by atoms with Crippen LogP contribution in [0, 0.1) is 0 Å². The molecule has 4 N–H and O–H groups in total. The van der Waals surface area contributed by atoms with Crippen LogP contribution in [0.15, 0.2) is 60.7 Å². The zero-order valence-corrected chi connectivity index (χ0v) is 27.3. The van der Waals surface area contributed by atoms with E-state index >= 15 is 0 Å². The van der Waals surface area contributed by atoms with Gasteiger partial charge in [-0.1, -0.05) is 114 Å². The van der Waals surface area contributed by atoms with Crippen LogP contribution in [0.4, 0.5) is 0 Å². The first-order valence-electron chi connectivity index (χ1n) is 17.0. The third-order valence-electron chi connectivity index (χ3n) is 8.19. The summed E-state index contributed by atoms with van der Waals surface area (Å²) in [6, 6.07) is 18.1. The lowest BCUT2D eigenvalue weighted by atomic mass is 9.73. The standard InChI is InChI=1S/C36H48B2N2O6/c1-3-5-7-9-11-13-23-45-29-19-15-17-27(25-29)33-34(28-18-16-20-30(26-28)46-24-14-12-10-8-6-4-2)40-36-32(38(43)44)22-21-31(37(41)42)35(36)39-33/h15-22,25-26,41-44H,3-14,23-24H2,1-2H3. The van der Waals surface area contributed by atoms with Crippen molar-refractivity contribution in [2.24, 2.45) is 0 Å². The largest absolute Gasteiger partial charge is 0.494 e. The maximum atomic E-state index is 10.2. The summed E-state index contributed by atoms with van der Waals surface area (Å²) in [5, 5.41) is 40.6. The van der Waals surface area contributed by atoms with Crippen LogP contribution in [0.5, 0.6) is 11.5 Å². The molecule has 1 heterocycles. The highest BCUT2D eigenvalue weighted by Gasteiger charge is 2.25. The first-order chi connectivity index (χ1) is 22.4. The first kappa shape index (κ1) is 35.4. The van der Waals surface area contributed by atoms with E-state index in [4.69, 9.17) is 19.4 Å². The van der Waals surface area contributed by atoms with E-state index in [0.29, 0.717) is 36.1 Å². The molecule has 0 saturated heterocycles. The van der Waals surface area contributed by atoms with Crippen LogP contribution < -0.4 is 20.4 Å². The van der Waals surface area contributed by atoms with Crippen LogP contribution in [0.1, 0.15) is 90.9 Å². The summed E-state index contributed by atoms with van der Waals surface area (Å²) in [6.45, 7) is 5.65. The van der Waals surface area contributed by atoms with Gasteiger partial charge in [0.1, 0.15) is 11.5 Å². The van der Waals surface area contributed by atoms with E-state index in [9.17, 15) is 20.1 Å². The maximum Gasteiger partial charge on any atom is 0.490 e. The summed E-state index contributed by atoms with van der Waals surface area (Å²) in [5.74, 6) is 1.41. The van der Waals surface area contributed by atoms with Crippen LogP contribution in [0.2, 0.25) is 0 Å². The molecule has 10 heteroatoms. The van der Waals surface area contributed by atoms with Crippen molar-refractivity contribution in [1.82, 2.24) is 9.97 Å². The zero-order chi connectivity index (χ0) is 32.7. The molecule has 4 aromatic rings. The third-order valence-corrected chi connectivity index (χ3v) is 8.19. The molecule has 46 heavy (non-hydrogen) atoms. The number of benzene rings is 3. The van der Waals surface area contributed by atoms with E-state index in [0.717, 1.165) is 36.8 Å². The summed E-state index contributed by atoms with van der Waals surface area (Å²) in [5.41, 5.74) is 3.04. The Hall–Kier alpha value is -3.43. The normalized spacial score (nSPS) is 11.2. The molecule has 1 aromatic heterocycles. The molecule has 4 rings (SSSR count). The van der Waals surface area contributed by atoms with Crippen molar-refractivity contribution in [3.63, 3.8) is 0 Å². The average Bonchev–Trinajstić information content (AvgIpc) is 3.06. The lowest BCUT2D eigenvalue weighted by Crippen LogP contribution is -2.37. The molecule has 0 aliphatic carbocycles. The lowest BCUT2D eigenvalue weighted by Gasteiger charge is -2.16. The second-order valence-electron chi connectivity index (χ2n) is 11.9. The Morgan fingerprint density at radius 3 is 1.30 bits per heavy atom. The van der Waals surface area contributed by atoms with Crippen molar-refractivity contribution in [1.29, 1.82) is 0 Å². The van der Waals surface area contributed by atoms with Crippen molar-refractivity contribution >= 4 is 36.2 Å². The molecule has 0 spiro atoms. The number of unbranched alkanes of at least 4 members (excludes halogenated alkanes) is 10. The van der Waals surface area contributed by atoms with Crippen molar-refractivity contribution < 1.29 is 29.6 Å². The monoisotopic (exact) mass is 626 g/mol. The number of hydrogen-bond donors (Lipinski definition) is 4. The van der Waals surface area contributed by atoms with Crippen molar-refractivity contribution in [3.8, 4) is 34.0 Å². The fourth-order valence-electron chi connectivity index (χ4n) is 5.61. The molecule has 0 atom stereocenters. The second-order valence-corrected chi connectivity index (χ2v) is 11.9. The highest BCUT2D eigenvalue weighted by Crippen LogP contribution is 2.34. The molecule has 3 aromatic carbocycles. The van der Waals surface area contributed by atoms with Crippen molar-refractivity contribution in [2.45, 2.75) is 90.9 Å². The van der Waals surface area contributed by atoms with Crippen LogP contribution in [-0.4, -0.2) is 57.5 Å². The smallest absolute Gasteiger partial charge is 0.490 e. The van der Waals surface area contributed by atoms with Gasteiger partial charge in [0.25, 0.3) is 0 Å². The number of aromatic nitrogens is 2. The van der Waals surface area contributed by atoms with Gasteiger partial charge >= 0.3 is 14.2 Å². The highest BCUT2D eigenvalue weighted by atomic mass is 16.5. The molecule has 0 aliphatic rings.